The molecule has 0 amide bonds. The molecule has 4 aliphatic carbocycles. The first-order valence-electron chi connectivity index (χ1n) is 14.8. The zero-order chi connectivity index (χ0) is 28.7. The van der Waals surface area contributed by atoms with Gasteiger partial charge in [-0.25, -0.2) is 0 Å². The summed E-state index contributed by atoms with van der Waals surface area (Å²) in [6.07, 6.45) is 8.23. The van der Waals surface area contributed by atoms with E-state index in [1.165, 1.54) is 29.2 Å². The molecule has 7 heteroatoms. The van der Waals surface area contributed by atoms with Gasteiger partial charge in [0.15, 0.2) is 5.60 Å². The van der Waals surface area contributed by atoms with Crippen LogP contribution in [0.5, 0.6) is 0 Å². The first-order chi connectivity index (χ1) is 19.1. The lowest BCUT2D eigenvalue weighted by Gasteiger charge is -2.55. The van der Waals surface area contributed by atoms with Crippen molar-refractivity contribution in [2.45, 2.75) is 77.2 Å². The summed E-state index contributed by atoms with van der Waals surface area (Å²) < 4.78 is 11.8. The van der Waals surface area contributed by atoms with Crippen molar-refractivity contribution in [1.82, 2.24) is 0 Å². The second-order valence-electron chi connectivity index (χ2n) is 12.3. The Bertz CT molecular complexity index is 1250. The van der Waals surface area contributed by atoms with Crippen LogP contribution in [0.25, 0.3) is 0 Å². The average Bonchev–Trinajstić information content (AvgIpc) is 3.23. The molecule has 0 N–H and O–H groups in total. The Balaban J connectivity index is 1.66. The number of nitrogens with zero attached hydrogens (tertiary/aromatic N) is 2. The number of fused-ring (bicyclic) bond motifs is 4. The van der Waals surface area contributed by atoms with Crippen LogP contribution in [-0.2, 0) is 23.9 Å². The fraction of sp³-hybridized carbons (Fsp3) is 0.606. The van der Waals surface area contributed by atoms with Gasteiger partial charge in [0.1, 0.15) is 13.7 Å². The number of rotatable bonds is 8. The topological polar surface area (TPSA) is 77.4 Å². The molecule has 1 aromatic carbocycles. The maximum absolute atomic E-state index is 13.9. The van der Waals surface area contributed by atoms with Gasteiger partial charge in [-0.15, -0.1) is 0 Å². The van der Waals surface area contributed by atoms with E-state index in [0.29, 0.717) is 18.9 Å². The van der Waals surface area contributed by atoms with Crippen LogP contribution in [0.4, 0.5) is 5.69 Å². The Kier molecular flexibility index (Phi) is 7.97. The van der Waals surface area contributed by atoms with Crippen LogP contribution >= 0.6 is 0 Å². The number of hydrogen-bond acceptors (Lipinski definition) is 7. The molecular weight excluding hydrogens is 504 g/mol. The Hall–Kier alpha value is -2.93. The summed E-state index contributed by atoms with van der Waals surface area (Å²) in [4.78, 5) is 33.7. The molecular formula is C33H44N2O5. The zero-order valence-electron chi connectivity index (χ0n) is 24.9. The molecule has 0 radical (unpaired) electrons. The molecule has 0 bridgehead atoms. The van der Waals surface area contributed by atoms with Gasteiger partial charge < -0.3 is 19.2 Å². The molecule has 40 heavy (non-hydrogen) atoms. The SMILES string of the molecule is CCOCC(=O)[C@@]1(OC(C)=O)CCC2C3CCC4=C/C(=N/OC)CCC4=C3C(c3ccc(N(C)C)cc3)CC21C. The van der Waals surface area contributed by atoms with E-state index in [1.807, 2.05) is 6.92 Å². The summed E-state index contributed by atoms with van der Waals surface area (Å²) in [5, 5.41) is 4.25. The molecule has 216 valence electrons. The van der Waals surface area contributed by atoms with Gasteiger partial charge in [-0.05, 0) is 98.6 Å². The van der Waals surface area contributed by atoms with E-state index in [0.717, 1.165) is 49.9 Å². The molecule has 5 rings (SSSR count). The standard InChI is InChI=1S/C33H44N2O5/c1-7-39-20-30(37)33(40-21(2)36)17-16-29-27-14-10-23-18-24(34-38-6)11-15-26(23)31(27)28(19-32(29,33)3)22-8-12-25(13-9-22)35(4)5/h8-9,12-13,18,27-29H,7,10-11,14-17,19-20H2,1-6H3/b34-24+/t27?,28?,29?,32?,33-/m0/s1. The minimum absolute atomic E-state index is 0.0264. The van der Waals surface area contributed by atoms with Crippen molar-refractivity contribution in [3.63, 3.8) is 0 Å². The van der Waals surface area contributed by atoms with Crippen LogP contribution in [0.3, 0.4) is 0 Å². The van der Waals surface area contributed by atoms with E-state index >= 15 is 0 Å². The Labute approximate surface area is 238 Å². The number of hydrogen-bond donors (Lipinski definition) is 0. The number of oxime groups is 1. The third kappa shape index (κ3) is 4.70. The second-order valence-corrected chi connectivity index (χ2v) is 12.3. The van der Waals surface area contributed by atoms with Gasteiger partial charge in [0, 0.05) is 44.6 Å². The van der Waals surface area contributed by atoms with Crippen molar-refractivity contribution >= 4 is 23.2 Å². The molecule has 0 saturated heterocycles. The predicted molar refractivity (Wildman–Crippen MR) is 156 cm³/mol. The van der Waals surface area contributed by atoms with Gasteiger partial charge in [-0.1, -0.05) is 29.8 Å². The van der Waals surface area contributed by atoms with Gasteiger partial charge in [-0.3, -0.25) is 9.59 Å². The van der Waals surface area contributed by atoms with E-state index in [1.54, 1.807) is 7.11 Å². The van der Waals surface area contributed by atoms with Crippen LogP contribution < -0.4 is 4.90 Å². The van der Waals surface area contributed by atoms with Crippen molar-refractivity contribution in [2.75, 3.05) is 39.3 Å². The van der Waals surface area contributed by atoms with E-state index in [2.05, 4.69) is 61.4 Å². The molecule has 2 saturated carbocycles. The number of carbonyl (C=O) groups excluding carboxylic acids is 2. The third-order valence-electron chi connectivity index (χ3n) is 10.1. The number of ether oxygens (including phenoxy) is 2. The average molecular weight is 549 g/mol. The van der Waals surface area contributed by atoms with Crippen LogP contribution in [0, 0.1) is 17.3 Å². The van der Waals surface area contributed by atoms with E-state index in [4.69, 9.17) is 14.3 Å². The van der Waals surface area contributed by atoms with Crippen molar-refractivity contribution in [3.05, 3.63) is 52.6 Å². The molecule has 2 fully saturated rings. The van der Waals surface area contributed by atoms with Gasteiger partial charge in [-0.2, -0.15) is 0 Å². The Morgan fingerprint density at radius 1 is 1.10 bits per heavy atom. The van der Waals surface area contributed by atoms with E-state index in [9.17, 15) is 9.59 Å². The number of allylic oxidation sites excluding steroid dienone is 4. The fourth-order valence-corrected chi connectivity index (χ4v) is 8.39. The maximum atomic E-state index is 13.9. The van der Waals surface area contributed by atoms with Gasteiger partial charge in [0.2, 0.25) is 5.78 Å². The van der Waals surface area contributed by atoms with E-state index < -0.39 is 17.0 Å². The highest BCUT2D eigenvalue weighted by Crippen LogP contribution is 2.67. The Morgan fingerprint density at radius 3 is 2.50 bits per heavy atom. The number of ketones is 1. The lowest BCUT2D eigenvalue weighted by molar-refractivity contribution is -0.185. The largest absolute Gasteiger partial charge is 0.451 e. The van der Waals surface area contributed by atoms with Crippen molar-refractivity contribution in [1.29, 1.82) is 0 Å². The number of anilines is 1. The summed E-state index contributed by atoms with van der Waals surface area (Å²) >= 11 is 0. The minimum Gasteiger partial charge on any atom is -0.451 e. The quantitative estimate of drug-likeness (QED) is 0.293. The van der Waals surface area contributed by atoms with Gasteiger partial charge >= 0.3 is 5.97 Å². The molecule has 7 nitrogen and oxygen atoms in total. The molecule has 0 aliphatic heterocycles. The molecule has 0 aromatic heterocycles. The van der Waals surface area contributed by atoms with Crippen molar-refractivity contribution in [3.8, 4) is 0 Å². The van der Waals surface area contributed by atoms with Crippen molar-refractivity contribution in [2.24, 2.45) is 22.4 Å². The third-order valence-corrected chi connectivity index (χ3v) is 10.1. The second kappa shape index (κ2) is 11.2. The lowest BCUT2D eigenvalue weighted by Crippen LogP contribution is -2.58. The first kappa shape index (κ1) is 28.6. The maximum Gasteiger partial charge on any atom is 0.303 e. The number of carbonyl (C=O) groups is 2. The lowest BCUT2D eigenvalue weighted by atomic mass is 9.50. The van der Waals surface area contributed by atoms with Gasteiger partial charge in [0.05, 0.1) is 5.71 Å². The Morgan fingerprint density at radius 2 is 1.85 bits per heavy atom. The van der Waals surface area contributed by atoms with Gasteiger partial charge in [0.25, 0.3) is 0 Å². The summed E-state index contributed by atoms with van der Waals surface area (Å²) in [6.45, 7) is 5.96. The monoisotopic (exact) mass is 548 g/mol. The number of benzene rings is 1. The number of Topliss-reactive ketones (excluding diaryl/α,β-unsaturated/α-hetero) is 1. The molecule has 1 aromatic rings. The number of esters is 1. The zero-order valence-corrected chi connectivity index (χ0v) is 24.9. The highest BCUT2D eigenvalue weighted by Gasteiger charge is 2.68. The van der Waals surface area contributed by atoms with Crippen LogP contribution in [0.15, 0.2) is 52.2 Å². The summed E-state index contributed by atoms with van der Waals surface area (Å²) in [6, 6.07) is 8.86. The van der Waals surface area contributed by atoms with E-state index in [-0.39, 0.29) is 24.2 Å². The van der Waals surface area contributed by atoms with Crippen LogP contribution in [-0.4, -0.2) is 57.5 Å². The smallest absolute Gasteiger partial charge is 0.303 e. The minimum atomic E-state index is -1.17. The summed E-state index contributed by atoms with van der Waals surface area (Å²) in [5.74, 6) is 0.237. The highest BCUT2D eigenvalue weighted by atomic mass is 16.6. The first-order valence-corrected chi connectivity index (χ1v) is 14.8. The van der Waals surface area contributed by atoms with Crippen LogP contribution in [0.1, 0.15) is 77.2 Å². The predicted octanol–water partition coefficient (Wildman–Crippen LogP) is 5.99. The molecule has 4 unspecified atom stereocenters. The summed E-state index contributed by atoms with van der Waals surface area (Å²) in [7, 11) is 5.71. The molecule has 0 heterocycles. The van der Waals surface area contributed by atoms with Crippen LogP contribution in [0.2, 0.25) is 0 Å². The van der Waals surface area contributed by atoms with Crippen molar-refractivity contribution < 1.29 is 23.9 Å². The fourth-order valence-electron chi connectivity index (χ4n) is 8.39. The molecule has 4 aliphatic rings. The highest BCUT2D eigenvalue weighted by molar-refractivity contribution is 5.97. The summed E-state index contributed by atoms with van der Waals surface area (Å²) in [5.41, 5.74) is 6.14. The molecule has 0 spiro atoms. The molecule has 5 atom stereocenters. The normalized spacial score (nSPS) is 32.1.